The van der Waals surface area contributed by atoms with Crippen molar-refractivity contribution in [2.24, 2.45) is 5.10 Å². The molecule has 0 saturated heterocycles. The molecule has 0 spiro atoms. The van der Waals surface area contributed by atoms with Crippen molar-refractivity contribution in [3.05, 3.63) is 42.4 Å². The lowest BCUT2D eigenvalue weighted by atomic mass is 10.5. The maximum absolute atomic E-state index is 11.1. The molecular formula is C9H6BrClN4OS. The standard InChI is InChI=1S/C9H6BrClN4OS/c10-5-1-6(17-4-5)2-12-14-7-3-13-15-9(16)8(7)11/h1-4H,(H2,14,15,16)/b12-2-. The van der Waals surface area contributed by atoms with Crippen molar-refractivity contribution in [3.8, 4) is 0 Å². The van der Waals surface area contributed by atoms with Crippen molar-refractivity contribution in [3.63, 3.8) is 0 Å². The Kier molecular flexibility index (Phi) is 3.93. The molecule has 0 amide bonds. The molecule has 0 unspecified atom stereocenters. The lowest BCUT2D eigenvalue weighted by Gasteiger charge is -1.99. The van der Waals surface area contributed by atoms with Gasteiger partial charge in [0.15, 0.2) is 0 Å². The zero-order valence-electron chi connectivity index (χ0n) is 8.28. The fraction of sp³-hybridized carbons (Fsp3) is 0. The molecule has 2 aromatic rings. The van der Waals surface area contributed by atoms with Crippen LogP contribution in [0.4, 0.5) is 5.69 Å². The first-order chi connectivity index (χ1) is 8.16. The fourth-order valence-electron chi connectivity index (χ4n) is 1.02. The van der Waals surface area contributed by atoms with Gasteiger partial charge in [-0.15, -0.1) is 11.3 Å². The van der Waals surface area contributed by atoms with E-state index in [-0.39, 0.29) is 5.02 Å². The highest BCUT2D eigenvalue weighted by Gasteiger charge is 2.02. The highest BCUT2D eigenvalue weighted by atomic mass is 79.9. The van der Waals surface area contributed by atoms with Crippen molar-refractivity contribution >= 4 is 50.8 Å². The second kappa shape index (κ2) is 5.44. The van der Waals surface area contributed by atoms with Crippen LogP contribution in [0.3, 0.4) is 0 Å². The number of halogens is 2. The van der Waals surface area contributed by atoms with E-state index in [4.69, 9.17) is 11.6 Å². The zero-order chi connectivity index (χ0) is 12.3. The first-order valence-electron chi connectivity index (χ1n) is 4.43. The van der Waals surface area contributed by atoms with Crippen molar-refractivity contribution in [1.82, 2.24) is 10.2 Å². The second-order valence-corrected chi connectivity index (χ2v) is 5.20. The van der Waals surface area contributed by atoms with Crippen LogP contribution >= 0.6 is 38.9 Å². The summed E-state index contributed by atoms with van der Waals surface area (Å²) in [4.78, 5) is 12.1. The minimum atomic E-state index is -0.453. The number of H-pyrrole nitrogens is 1. The Morgan fingerprint density at radius 1 is 1.65 bits per heavy atom. The molecule has 5 nitrogen and oxygen atoms in total. The van der Waals surface area contributed by atoms with Crippen LogP contribution in [-0.4, -0.2) is 16.4 Å². The van der Waals surface area contributed by atoms with E-state index in [1.165, 1.54) is 17.5 Å². The molecule has 17 heavy (non-hydrogen) atoms. The Balaban J connectivity index is 2.10. The first-order valence-corrected chi connectivity index (χ1v) is 6.48. The van der Waals surface area contributed by atoms with Gasteiger partial charge < -0.3 is 0 Å². The van der Waals surface area contributed by atoms with Gasteiger partial charge in [0.05, 0.1) is 12.4 Å². The molecule has 2 N–H and O–H groups in total. The smallest absolute Gasteiger partial charge is 0.275 e. The normalized spacial score (nSPS) is 10.9. The second-order valence-electron chi connectivity index (χ2n) is 2.96. The number of hydrogen-bond acceptors (Lipinski definition) is 5. The third-order valence-corrected chi connectivity index (χ3v) is 3.76. The van der Waals surface area contributed by atoms with Crippen LogP contribution in [-0.2, 0) is 0 Å². The van der Waals surface area contributed by atoms with E-state index < -0.39 is 5.56 Å². The molecule has 2 heterocycles. The van der Waals surface area contributed by atoms with E-state index >= 15 is 0 Å². The molecular weight excluding hydrogens is 328 g/mol. The molecule has 0 aliphatic heterocycles. The van der Waals surface area contributed by atoms with Gasteiger partial charge in [-0.25, -0.2) is 5.10 Å². The van der Waals surface area contributed by atoms with Crippen LogP contribution in [0, 0.1) is 0 Å². The van der Waals surface area contributed by atoms with Crippen molar-refractivity contribution in [2.75, 3.05) is 5.43 Å². The van der Waals surface area contributed by atoms with Gasteiger partial charge in [-0.3, -0.25) is 10.2 Å². The van der Waals surface area contributed by atoms with Crippen LogP contribution in [0.5, 0.6) is 0 Å². The van der Waals surface area contributed by atoms with Crippen LogP contribution in [0.1, 0.15) is 4.88 Å². The Bertz CT molecular complexity index is 609. The fourth-order valence-corrected chi connectivity index (χ4v) is 2.46. The van der Waals surface area contributed by atoms with Gasteiger partial charge in [0, 0.05) is 14.7 Å². The Hall–Kier alpha value is -1.18. The maximum atomic E-state index is 11.1. The van der Waals surface area contributed by atoms with Gasteiger partial charge in [0.2, 0.25) is 0 Å². The van der Waals surface area contributed by atoms with Crippen molar-refractivity contribution < 1.29 is 0 Å². The van der Waals surface area contributed by atoms with Crippen LogP contribution in [0.15, 0.2) is 32.0 Å². The Labute approximate surface area is 114 Å². The number of aromatic nitrogens is 2. The number of aromatic amines is 1. The van der Waals surface area contributed by atoms with Crippen LogP contribution in [0.2, 0.25) is 5.02 Å². The largest absolute Gasteiger partial charge is 0.285 e. The predicted molar refractivity (Wildman–Crippen MR) is 73.1 cm³/mol. The lowest BCUT2D eigenvalue weighted by molar-refractivity contribution is 0.987. The number of nitrogens with zero attached hydrogens (tertiary/aromatic N) is 2. The summed E-state index contributed by atoms with van der Waals surface area (Å²) < 4.78 is 1.000. The topological polar surface area (TPSA) is 70.1 Å². The van der Waals surface area contributed by atoms with E-state index in [1.54, 1.807) is 6.21 Å². The molecule has 0 aliphatic rings. The number of hydrogen-bond donors (Lipinski definition) is 2. The third kappa shape index (κ3) is 3.15. The molecule has 0 bridgehead atoms. The van der Waals surface area contributed by atoms with Gasteiger partial charge >= 0.3 is 0 Å². The summed E-state index contributed by atoms with van der Waals surface area (Å²) >= 11 is 10.6. The summed E-state index contributed by atoms with van der Waals surface area (Å²) in [6, 6.07) is 1.92. The number of nitrogens with one attached hydrogen (secondary N) is 2. The molecule has 8 heteroatoms. The van der Waals surface area contributed by atoms with Gasteiger partial charge in [-0.1, -0.05) is 11.6 Å². The third-order valence-electron chi connectivity index (χ3n) is 1.76. The van der Waals surface area contributed by atoms with E-state index in [1.807, 2.05) is 11.4 Å². The average molecular weight is 334 g/mol. The molecule has 0 aliphatic carbocycles. The summed E-state index contributed by atoms with van der Waals surface area (Å²) in [5.41, 5.74) is 2.57. The van der Waals surface area contributed by atoms with Gasteiger partial charge in [0.25, 0.3) is 5.56 Å². The number of rotatable bonds is 3. The molecule has 0 fully saturated rings. The molecule has 2 aromatic heterocycles. The molecule has 0 saturated carbocycles. The van der Waals surface area contributed by atoms with Crippen molar-refractivity contribution in [2.45, 2.75) is 0 Å². The maximum Gasteiger partial charge on any atom is 0.285 e. The van der Waals surface area contributed by atoms with Crippen LogP contribution < -0.4 is 11.0 Å². The molecule has 2 rings (SSSR count). The highest BCUT2D eigenvalue weighted by molar-refractivity contribution is 9.10. The van der Waals surface area contributed by atoms with Gasteiger partial charge in [0.1, 0.15) is 10.7 Å². The monoisotopic (exact) mass is 332 g/mol. The summed E-state index contributed by atoms with van der Waals surface area (Å²) in [5, 5.41) is 11.8. The number of anilines is 1. The van der Waals surface area contributed by atoms with E-state index in [0.717, 1.165) is 9.35 Å². The highest BCUT2D eigenvalue weighted by Crippen LogP contribution is 2.18. The number of thiophene rings is 1. The summed E-state index contributed by atoms with van der Waals surface area (Å²) in [6.07, 6.45) is 3.03. The summed E-state index contributed by atoms with van der Waals surface area (Å²) in [7, 11) is 0. The minimum absolute atomic E-state index is 0.0320. The zero-order valence-corrected chi connectivity index (χ0v) is 11.4. The SMILES string of the molecule is O=c1[nH]ncc(N/N=C\c2cc(Br)cs2)c1Cl. The summed E-state index contributed by atoms with van der Waals surface area (Å²) in [6.45, 7) is 0. The van der Waals surface area contributed by atoms with Gasteiger partial charge in [-0.2, -0.15) is 10.2 Å². The van der Waals surface area contributed by atoms with E-state index in [0.29, 0.717) is 5.69 Å². The Morgan fingerprint density at radius 3 is 3.18 bits per heavy atom. The van der Waals surface area contributed by atoms with E-state index in [9.17, 15) is 4.79 Å². The Morgan fingerprint density at radius 2 is 2.47 bits per heavy atom. The molecule has 0 aromatic carbocycles. The quantitative estimate of drug-likeness (QED) is 0.670. The van der Waals surface area contributed by atoms with Gasteiger partial charge in [-0.05, 0) is 22.0 Å². The van der Waals surface area contributed by atoms with Crippen molar-refractivity contribution in [1.29, 1.82) is 0 Å². The van der Waals surface area contributed by atoms with E-state index in [2.05, 4.69) is 36.7 Å². The minimum Gasteiger partial charge on any atom is -0.275 e. The predicted octanol–water partition coefficient (Wildman–Crippen LogP) is 2.69. The first kappa shape index (κ1) is 12.3. The number of hydrazone groups is 1. The summed E-state index contributed by atoms with van der Waals surface area (Å²) in [5.74, 6) is 0. The molecule has 0 radical (unpaired) electrons. The molecule has 0 atom stereocenters. The lowest BCUT2D eigenvalue weighted by Crippen LogP contribution is -2.09. The average Bonchev–Trinajstić information content (AvgIpc) is 2.70. The molecule has 88 valence electrons. The van der Waals surface area contributed by atoms with Crippen LogP contribution in [0.25, 0.3) is 0 Å².